The van der Waals surface area contributed by atoms with E-state index in [1.807, 2.05) is 43.6 Å². The van der Waals surface area contributed by atoms with Crippen molar-refractivity contribution in [3.05, 3.63) is 71.6 Å². The number of carbonyl (C=O) groups is 1. The minimum atomic E-state index is -0.242. The second-order valence-electron chi connectivity index (χ2n) is 8.81. The Balaban J connectivity index is 1.50. The van der Waals surface area contributed by atoms with E-state index >= 15 is 0 Å². The fraction of sp³-hybridized carbons (Fsp3) is 0.259. The molecule has 3 N–H and O–H groups in total. The Morgan fingerprint density at radius 3 is 2.94 bits per heavy atom. The van der Waals surface area contributed by atoms with E-state index in [1.54, 1.807) is 28.8 Å². The topological polar surface area (TPSA) is 109 Å². The van der Waals surface area contributed by atoms with Crippen molar-refractivity contribution < 1.29 is 9.90 Å². The van der Waals surface area contributed by atoms with Gasteiger partial charge in [-0.1, -0.05) is 30.7 Å². The van der Waals surface area contributed by atoms with Crippen molar-refractivity contribution in [1.29, 1.82) is 0 Å². The maximum atomic E-state index is 13.2. The summed E-state index contributed by atoms with van der Waals surface area (Å²) >= 11 is 1.56. The number of imidazole rings is 1. The molecule has 1 aliphatic heterocycles. The minimum Gasteiger partial charge on any atom is -0.392 e. The highest BCUT2D eigenvalue weighted by molar-refractivity contribution is 8.04. The van der Waals surface area contributed by atoms with Gasteiger partial charge >= 0.3 is 0 Å². The van der Waals surface area contributed by atoms with Crippen LogP contribution in [0.25, 0.3) is 33.7 Å². The molecule has 0 radical (unpaired) electrons. The van der Waals surface area contributed by atoms with Gasteiger partial charge in [-0.3, -0.25) is 9.48 Å². The number of nitrogens with zero attached hydrogens (tertiary/aromatic N) is 4. The molecule has 0 unspecified atom stereocenters. The average Bonchev–Trinajstić information content (AvgIpc) is 3.52. The Morgan fingerprint density at radius 1 is 1.25 bits per heavy atom. The number of aryl methyl sites for hydroxylation is 1. The summed E-state index contributed by atoms with van der Waals surface area (Å²) in [6.07, 6.45) is 11.4. The second kappa shape index (κ2) is 10.5. The summed E-state index contributed by atoms with van der Waals surface area (Å²) in [6, 6.07) is 7.47. The number of aromatic amines is 1. The van der Waals surface area contributed by atoms with Gasteiger partial charge in [0.25, 0.3) is 5.91 Å². The van der Waals surface area contributed by atoms with Crippen LogP contribution in [0.4, 0.5) is 5.69 Å². The number of carbonyl (C=O) groups excluding carboxylic acids is 1. The number of H-pyrrole nitrogens is 1. The van der Waals surface area contributed by atoms with E-state index in [0.29, 0.717) is 33.1 Å². The number of allylic oxidation sites excluding steroid dienone is 2. The van der Waals surface area contributed by atoms with Crippen LogP contribution < -0.4 is 5.32 Å². The number of fused-ring (bicyclic) bond motifs is 1. The van der Waals surface area contributed by atoms with E-state index in [2.05, 4.69) is 27.0 Å². The molecule has 8 nitrogen and oxygen atoms in total. The van der Waals surface area contributed by atoms with Gasteiger partial charge in [-0.25, -0.2) is 9.97 Å². The molecule has 0 aliphatic carbocycles. The number of hydrogen-bond donors (Lipinski definition) is 3. The lowest BCUT2D eigenvalue weighted by Gasteiger charge is -2.15. The van der Waals surface area contributed by atoms with Crippen LogP contribution in [-0.4, -0.2) is 41.5 Å². The van der Waals surface area contributed by atoms with Gasteiger partial charge in [0.2, 0.25) is 0 Å². The highest BCUT2D eigenvalue weighted by Crippen LogP contribution is 2.35. The summed E-state index contributed by atoms with van der Waals surface area (Å²) in [5.41, 5.74) is 5.93. The largest absolute Gasteiger partial charge is 0.392 e. The predicted octanol–water partition coefficient (Wildman–Crippen LogP) is 5.20. The first-order chi connectivity index (χ1) is 17.5. The third-order valence-electron chi connectivity index (χ3n) is 6.19. The molecule has 0 atom stereocenters. The van der Waals surface area contributed by atoms with Gasteiger partial charge in [-0.05, 0) is 48.8 Å². The summed E-state index contributed by atoms with van der Waals surface area (Å²) in [4.78, 5) is 26.4. The molecule has 0 fully saturated rings. The summed E-state index contributed by atoms with van der Waals surface area (Å²) in [5, 5.41) is 17.6. The van der Waals surface area contributed by atoms with Crippen LogP contribution in [0.3, 0.4) is 0 Å². The number of aliphatic hydroxyl groups is 1. The summed E-state index contributed by atoms with van der Waals surface area (Å²) in [7, 11) is 1.85. The molecule has 4 aromatic rings. The number of rotatable bonds is 5. The van der Waals surface area contributed by atoms with Crippen LogP contribution in [0, 0.1) is 0 Å². The van der Waals surface area contributed by atoms with Gasteiger partial charge in [0, 0.05) is 36.3 Å². The Hall–Kier alpha value is -3.69. The summed E-state index contributed by atoms with van der Waals surface area (Å²) in [6.45, 7) is 3.87. The first-order valence-electron chi connectivity index (χ1n) is 11.9. The van der Waals surface area contributed by atoms with Gasteiger partial charge in [0.1, 0.15) is 11.3 Å². The zero-order chi connectivity index (χ0) is 25.1. The molecule has 1 aromatic carbocycles. The number of amides is 1. The van der Waals surface area contributed by atoms with Gasteiger partial charge in [-0.2, -0.15) is 5.10 Å². The van der Waals surface area contributed by atoms with E-state index in [9.17, 15) is 9.90 Å². The van der Waals surface area contributed by atoms with Gasteiger partial charge in [-0.15, -0.1) is 11.8 Å². The normalized spacial score (nSPS) is 16.2. The first-order valence-corrected chi connectivity index (χ1v) is 12.9. The molecule has 184 valence electrons. The SMILES string of the molecule is C=C1/C=C(/C(=O)Nc2cccc(-c3ccnc4[nH]c(-c5cnn(C)c5)nc34)c2CO)SCCCCC1. The molecule has 36 heavy (non-hydrogen) atoms. The molecule has 3 aromatic heterocycles. The molecule has 0 saturated carbocycles. The van der Waals surface area contributed by atoms with E-state index in [0.717, 1.165) is 53.7 Å². The highest BCUT2D eigenvalue weighted by Gasteiger charge is 2.19. The van der Waals surface area contributed by atoms with Crippen molar-refractivity contribution in [1.82, 2.24) is 24.7 Å². The number of aromatic nitrogens is 5. The fourth-order valence-electron chi connectivity index (χ4n) is 4.36. The third-order valence-corrected chi connectivity index (χ3v) is 7.30. The molecule has 9 heteroatoms. The Bertz CT molecular complexity index is 1470. The van der Waals surface area contributed by atoms with Crippen LogP contribution in [0.15, 0.2) is 66.0 Å². The van der Waals surface area contributed by atoms with E-state index < -0.39 is 0 Å². The predicted molar refractivity (Wildman–Crippen MR) is 144 cm³/mol. The second-order valence-corrected chi connectivity index (χ2v) is 9.95. The van der Waals surface area contributed by atoms with Crippen molar-refractivity contribution in [2.45, 2.75) is 32.3 Å². The van der Waals surface area contributed by atoms with Gasteiger partial charge in [0.15, 0.2) is 5.65 Å². The van der Waals surface area contributed by atoms with Crippen molar-refractivity contribution in [2.24, 2.45) is 7.05 Å². The highest BCUT2D eigenvalue weighted by atomic mass is 32.2. The van der Waals surface area contributed by atoms with Crippen molar-refractivity contribution in [3.63, 3.8) is 0 Å². The number of aliphatic hydroxyl groups excluding tert-OH is 1. The number of benzene rings is 1. The monoisotopic (exact) mass is 500 g/mol. The third kappa shape index (κ3) is 4.98. The molecule has 0 saturated heterocycles. The summed E-state index contributed by atoms with van der Waals surface area (Å²) < 4.78 is 1.72. The molecule has 0 bridgehead atoms. The minimum absolute atomic E-state index is 0.187. The number of pyridine rings is 1. The maximum absolute atomic E-state index is 13.2. The van der Waals surface area contributed by atoms with Crippen molar-refractivity contribution in [3.8, 4) is 22.5 Å². The van der Waals surface area contributed by atoms with Crippen LogP contribution >= 0.6 is 11.8 Å². The maximum Gasteiger partial charge on any atom is 0.262 e. The average molecular weight is 501 g/mol. The zero-order valence-electron chi connectivity index (χ0n) is 20.1. The molecule has 4 heterocycles. The number of anilines is 1. The smallest absolute Gasteiger partial charge is 0.262 e. The molecule has 0 spiro atoms. The van der Waals surface area contributed by atoms with E-state index in [-0.39, 0.29) is 12.5 Å². The summed E-state index contributed by atoms with van der Waals surface area (Å²) in [5.74, 6) is 1.37. The lowest BCUT2D eigenvalue weighted by Crippen LogP contribution is -2.15. The lowest BCUT2D eigenvalue weighted by atomic mass is 9.98. The van der Waals surface area contributed by atoms with Crippen molar-refractivity contribution >= 4 is 34.5 Å². The quantitative estimate of drug-likeness (QED) is 0.347. The standard InChI is InChI=1S/C27H28N6O2S/c1-17-7-4-3-5-12-36-23(13-17)27(35)30-22-9-6-8-19(21(22)16-34)20-10-11-28-26-24(20)31-25(32-26)18-14-29-33(2)15-18/h6,8-11,13-15,34H,1,3-5,7,12,16H2,2H3,(H,30,35)(H,28,31,32)/b23-13-. The lowest BCUT2D eigenvalue weighted by molar-refractivity contribution is -0.112. The first kappa shape index (κ1) is 24.0. The van der Waals surface area contributed by atoms with Gasteiger partial charge < -0.3 is 15.4 Å². The number of nitrogens with one attached hydrogen (secondary N) is 2. The van der Waals surface area contributed by atoms with E-state index in [4.69, 9.17) is 4.98 Å². The Kier molecular flexibility index (Phi) is 7.02. The zero-order valence-corrected chi connectivity index (χ0v) is 20.9. The number of thioether (sulfide) groups is 1. The fourth-order valence-corrected chi connectivity index (χ4v) is 5.36. The molecule has 1 aliphatic rings. The van der Waals surface area contributed by atoms with Gasteiger partial charge in [0.05, 0.1) is 23.3 Å². The van der Waals surface area contributed by atoms with Crippen LogP contribution in [0.2, 0.25) is 0 Å². The molecule has 5 rings (SSSR count). The Labute approximate surface area is 213 Å². The molecular weight excluding hydrogens is 472 g/mol. The van der Waals surface area contributed by atoms with Crippen LogP contribution in [-0.2, 0) is 18.4 Å². The van der Waals surface area contributed by atoms with Crippen molar-refractivity contribution in [2.75, 3.05) is 11.1 Å². The Morgan fingerprint density at radius 2 is 2.14 bits per heavy atom. The van der Waals surface area contributed by atoms with E-state index in [1.165, 1.54) is 0 Å². The number of hydrogen-bond acceptors (Lipinski definition) is 6. The van der Waals surface area contributed by atoms with Crippen LogP contribution in [0.5, 0.6) is 0 Å². The van der Waals surface area contributed by atoms with Crippen LogP contribution in [0.1, 0.15) is 31.2 Å². The molecular formula is C27H28N6O2S. The molecule has 1 amide bonds.